The van der Waals surface area contributed by atoms with Crippen LogP contribution in [-0.2, 0) is 9.47 Å². The quantitative estimate of drug-likeness (QED) is 0.754. The summed E-state index contributed by atoms with van der Waals surface area (Å²) in [4.78, 5) is 15.4. The molecule has 2 N–H and O–H groups in total. The first-order valence-electron chi connectivity index (χ1n) is 8.03. The lowest BCUT2D eigenvalue weighted by Crippen LogP contribution is -2.52. The highest BCUT2D eigenvalue weighted by atomic mass is 32.1. The Balaban J connectivity index is 1.63. The summed E-state index contributed by atoms with van der Waals surface area (Å²) in [5.41, 5.74) is 0.996. The van der Waals surface area contributed by atoms with Crippen molar-refractivity contribution in [2.45, 2.75) is 12.2 Å². The van der Waals surface area contributed by atoms with Gasteiger partial charge in [-0.25, -0.2) is 9.18 Å². The van der Waals surface area contributed by atoms with Crippen LogP contribution in [0.15, 0.2) is 18.2 Å². The van der Waals surface area contributed by atoms with Gasteiger partial charge < -0.3 is 25.0 Å². The highest BCUT2D eigenvalue weighted by Crippen LogP contribution is 2.30. The van der Waals surface area contributed by atoms with E-state index in [9.17, 15) is 9.18 Å². The Morgan fingerprint density at radius 1 is 1.44 bits per heavy atom. The van der Waals surface area contributed by atoms with E-state index in [4.69, 9.17) is 21.7 Å². The topological polar surface area (TPSA) is 66.1 Å². The number of rotatable bonds is 5. The number of benzene rings is 1. The molecule has 0 aliphatic carbocycles. The van der Waals surface area contributed by atoms with Gasteiger partial charge in [0.05, 0.1) is 30.6 Å². The normalized spacial score (nSPS) is 20.3. The smallest absolute Gasteiger partial charge is 0.414 e. The number of hydrogen-bond acceptors (Lipinski definition) is 5. The highest BCUT2D eigenvalue weighted by Gasteiger charge is 2.33. The van der Waals surface area contributed by atoms with E-state index in [0.29, 0.717) is 42.7 Å². The van der Waals surface area contributed by atoms with Crippen molar-refractivity contribution < 1.29 is 18.7 Å². The van der Waals surface area contributed by atoms with E-state index < -0.39 is 6.09 Å². The van der Waals surface area contributed by atoms with Crippen molar-refractivity contribution in [1.82, 2.24) is 10.6 Å². The van der Waals surface area contributed by atoms with Gasteiger partial charge in [-0.3, -0.25) is 4.90 Å². The van der Waals surface area contributed by atoms with Gasteiger partial charge >= 0.3 is 6.09 Å². The zero-order valence-corrected chi connectivity index (χ0v) is 14.9. The molecule has 7 nitrogen and oxygen atoms in total. The van der Waals surface area contributed by atoms with Crippen LogP contribution in [0.4, 0.5) is 20.6 Å². The summed E-state index contributed by atoms with van der Waals surface area (Å²) in [6.45, 7) is 2.07. The van der Waals surface area contributed by atoms with E-state index in [-0.39, 0.29) is 18.0 Å². The van der Waals surface area contributed by atoms with Crippen LogP contribution in [0, 0.1) is 5.82 Å². The van der Waals surface area contributed by atoms with Crippen LogP contribution < -0.4 is 20.4 Å². The molecule has 3 rings (SSSR count). The van der Waals surface area contributed by atoms with E-state index in [2.05, 4.69) is 10.6 Å². The number of halogens is 1. The third kappa shape index (κ3) is 3.77. The Morgan fingerprint density at radius 3 is 2.84 bits per heavy atom. The monoisotopic (exact) mass is 368 g/mol. The number of amides is 1. The molecule has 2 fully saturated rings. The molecule has 0 unspecified atom stereocenters. The van der Waals surface area contributed by atoms with Crippen LogP contribution in [-0.4, -0.2) is 63.8 Å². The molecule has 1 aromatic carbocycles. The van der Waals surface area contributed by atoms with E-state index in [1.807, 2.05) is 4.90 Å². The molecule has 25 heavy (non-hydrogen) atoms. The molecule has 1 aromatic rings. The summed E-state index contributed by atoms with van der Waals surface area (Å²) in [7, 11) is 3.36. The van der Waals surface area contributed by atoms with Crippen molar-refractivity contribution in [1.29, 1.82) is 0 Å². The molecule has 2 aliphatic heterocycles. The largest absolute Gasteiger partial charge is 0.442 e. The fourth-order valence-corrected chi connectivity index (χ4v) is 2.92. The standard InChI is InChI=1S/C16H21FN4O3S/c1-18-15(25)19-6-11-9-21(16(22)24-11)10-3-4-14(13(17)5-10)20-7-12(8-20)23-2/h3-5,11-12H,6-9H2,1-2H3,(H2,18,19,25)/t11-/m0/s1. The van der Waals surface area contributed by atoms with Crippen molar-refractivity contribution in [2.24, 2.45) is 0 Å². The first-order chi connectivity index (χ1) is 12.0. The first kappa shape index (κ1) is 17.7. The summed E-state index contributed by atoms with van der Waals surface area (Å²) in [5.74, 6) is -0.363. The number of carbonyl (C=O) groups is 1. The lowest BCUT2D eigenvalue weighted by atomic mass is 10.1. The average molecular weight is 368 g/mol. The van der Waals surface area contributed by atoms with E-state index in [0.717, 1.165) is 0 Å². The summed E-state index contributed by atoms with van der Waals surface area (Å²) < 4.78 is 24.9. The molecule has 0 radical (unpaired) electrons. The molecule has 0 spiro atoms. The molecule has 0 bridgehead atoms. The summed E-state index contributed by atoms with van der Waals surface area (Å²) >= 11 is 4.99. The second kappa shape index (κ2) is 7.40. The number of carbonyl (C=O) groups excluding carboxylic acids is 1. The lowest BCUT2D eigenvalue weighted by molar-refractivity contribution is 0.0784. The van der Waals surface area contributed by atoms with Gasteiger partial charge in [0.15, 0.2) is 5.11 Å². The van der Waals surface area contributed by atoms with Crippen molar-refractivity contribution in [3.05, 3.63) is 24.0 Å². The maximum atomic E-state index is 14.4. The average Bonchev–Trinajstić information content (AvgIpc) is 2.93. The predicted octanol–water partition coefficient (Wildman–Crippen LogP) is 1.08. The zero-order chi connectivity index (χ0) is 18.0. The summed E-state index contributed by atoms with van der Waals surface area (Å²) in [6.07, 6.45) is -0.693. The van der Waals surface area contributed by atoms with Gasteiger partial charge in [-0.05, 0) is 30.4 Å². The van der Waals surface area contributed by atoms with Gasteiger partial charge in [-0.2, -0.15) is 0 Å². The Labute approximate surface area is 151 Å². The van der Waals surface area contributed by atoms with Crippen LogP contribution in [0.25, 0.3) is 0 Å². The van der Waals surface area contributed by atoms with Gasteiger partial charge in [0.25, 0.3) is 0 Å². The number of nitrogens with one attached hydrogen (secondary N) is 2. The molecule has 9 heteroatoms. The minimum Gasteiger partial charge on any atom is -0.442 e. The summed E-state index contributed by atoms with van der Waals surface area (Å²) in [5, 5.41) is 6.22. The lowest BCUT2D eigenvalue weighted by Gasteiger charge is -2.40. The van der Waals surface area contributed by atoms with Crippen LogP contribution in [0.1, 0.15) is 0 Å². The van der Waals surface area contributed by atoms with Crippen molar-refractivity contribution in [3.63, 3.8) is 0 Å². The van der Waals surface area contributed by atoms with Gasteiger partial charge in [-0.15, -0.1) is 0 Å². The predicted molar refractivity (Wildman–Crippen MR) is 96.7 cm³/mol. The number of thiocarbonyl (C=S) groups is 1. The minimum absolute atomic E-state index is 0.143. The Kier molecular flexibility index (Phi) is 5.24. The molecular weight excluding hydrogens is 347 g/mol. The molecule has 0 aromatic heterocycles. The van der Waals surface area contributed by atoms with Crippen molar-refractivity contribution in [3.8, 4) is 0 Å². The van der Waals surface area contributed by atoms with Gasteiger partial charge in [0, 0.05) is 27.2 Å². The second-order valence-corrected chi connectivity index (χ2v) is 6.38. The number of nitrogens with zero attached hydrogens (tertiary/aromatic N) is 2. The molecule has 136 valence electrons. The zero-order valence-electron chi connectivity index (χ0n) is 14.1. The van der Waals surface area contributed by atoms with Crippen LogP contribution in [0.2, 0.25) is 0 Å². The highest BCUT2D eigenvalue weighted by molar-refractivity contribution is 7.80. The molecule has 1 atom stereocenters. The number of methoxy groups -OCH3 is 1. The number of ether oxygens (including phenoxy) is 2. The van der Waals surface area contributed by atoms with Crippen LogP contribution in [0.3, 0.4) is 0 Å². The third-order valence-electron chi connectivity index (χ3n) is 4.36. The maximum absolute atomic E-state index is 14.4. The molecule has 1 amide bonds. The molecule has 2 aliphatic rings. The van der Waals surface area contributed by atoms with Crippen molar-refractivity contribution in [2.75, 3.05) is 50.1 Å². The third-order valence-corrected chi connectivity index (χ3v) is 4.70. The van der Waals surface area contributed by atoms with E-state index in [1.165, 1.54) is 11.0 Å². The Bertz CT molecular complexity index is 669. The van der Waals surface area contributed by atoms with E-state index in [1.54, 1.807) is 26.3 Å². The maximum Gasteiger partial charge on any atom is 0.414 e. The fourth-order valence-electron chi connectivity index (χ4n) is 2.84. The molecular formula is C16H21FN4O3S. The van der Waals surface area contributed by atoms with Gasteiger partial charge in [0.1, 0.15) is 11.9 Å². The number of hydrogen-bond donors (Lipinski definition) is 2. The van der Waals surface area contributed by atoms with Crippen LogP contribution in [0.5, 0.6) is 0 Å². The SMILES string of the molecule is CNC(=S)NC[C@H]1CN(c2ccc(N3CC(OC)C3)c(F)c2)C(=O)O1. The minimum atomic E-state index is -0.488. The molecule has 2 saturated heterocycles. The fraction of sp³-hybridized carbons (Fsp3) is 0.500. The molecule has 0 saturated carbocycles. The van der Waals surface area contributed by atoms with Gasteiger partial charge in [0.2, 0.25) is 0 Å². The van der Waals surface area contributed by atoms with Crippen LogP contribution >= 0.6 is 12.2 Å². The molecule has 2 heterocycles. The Morgan fingerprint density at radius 2 is 2.20 bits per heavy atom. The first-order valence-corrected chi connectivity index (χ1v) is 8.43. The van der Waals surface area contributed by atoms with E-state index >= 15 is 0 Å². The summed E-state index contributed by atoms with van der Waals surface area (Å²) in [6, 6.07) is 4.78. The second-order valence-electron chi connectivity index (χ2n) is 5.97. The number of cyclic esters (lactones) is 1. The Hall–Kier alpha value is -2.13. The number of anilines is 2. The van der Waals surface area contributed by atoms with Gasteiger partial charge in [-0.1, -0.05) is 0 Å². The van der Waals surface area contributed by atoms with Crippen molar-refractivity contribution >= 4 is 34.8 Å².